The highest BCUT2D eigenvalue weighted by atomic mass is 32.2. The standard InChI is InChI=1S/C14H23NOS/c1-4-10-15-14(11-17(3)16)13-8-6-12(5-2)7-9-13/h6-9,14-15H,4-5,10-11H2,1-3H3. The molecule has 2 atom stereocenters. The Balaban J connectivity index is 2.75. The van der Waals surface area contributed by atoms with E-state index in [-0.39, 0.29) is 6.04 Å². The molecular weight excluding hydrogens is 230 g/mol. The summed E-state index contributed by atoms with van der Waals surface area (Å²) < 4.78 is 11.4. The average Bonchev–Trinajstić information content (AvgIpc) is 2.34. The molecule has 0 bridgehead atoms. The molecule has 1 aromatic rings. The minimum Gasteiger partial charge on any atom is -0.309 e. The van der Waals surface area contributed by atoms with Crippen LogP contribution in [0.4, 0.5) is 0 Å². The van der Waals surface area contributed by atoms with Crippen molar-refractivity contribution in [3.05, 3.63) is 35.4 Å². The number of aryl methyl sites for hydroxylation is 1. The molecule has 0 aliphatic rings. The van der Waals surface area contributed by atoms with E-state index in [2.05, 4.69) is 43.4 Å². The Morgan fingerprint density at radius 1 is 1.24 bits per heavy atom. The first-order valence-electron chi connectivity index (χ1n) is 6.29. The Labute approximate surface area is 107 Å². The fourth-order valence-corrected chi connectivity index (χ4v) is 2.59. The maximum atomic E-state index is 11.4. The highest BCUT2D eigenvalue weighted by Crippen LogP contribution is 2.15. The van der Waals surface area contributed by atoms with Gasteiger partial charge < -0.3 is 5.32 Å². The van der Waals surface area contributed by atoms with Crippen LogP contribution in [0.3, 0.4) is 0 Å². The van der Waals surface area contributed by atoms with Crippen molar-refractivity contribution in [2.45, 2.75) is 32.7 Å². The predicted octanol–water partition coefficient (Wildman–Crippen LogP) is 2.67. The van der Waals surface area contributed by atoms with Crippen molar-refractivity contribution in [2.24, 2.45) is 0 Å². The molecule has 96 valence electrons. The van der Waals surface area contributed by atoms with Crippen LogP contribution in [0.15, 0.2) is 24.3 Å². The minimum atomic E-state index is -0.769. The van der Waals surface area contributed by atoms with Gasteiger partial charge in [0.2, 0.25) is 0 Å². The molecule has 0 aromatic heterocycles. The van der Waals surface area contributed by atoms with Crippen LogP contribution in [0, 0.1) is 0 Å². The lowest BCUT2D eigenvalue weighted by atomic mass is 10.0. The number of nitrogens with one attached hydrogen (secondary N) is 1. The Kier molecular flexibility index (Phi) is 6.45. The third-order valence-corrected chi connectivity index (χ3v) is 3.64. The molecular formula is C14H23NOS. The van der Waals surface area contributed by atoms with E-state index in [9.17, 15) is 4.21 Å². The summed E-state index contributed by atoms with van der Waals surface area (Å²) in [6.45, 7) is 5.27. The SMILES string of the molecule is CCCNC(CS(C)=O)c1ccc(CC)cc1. The van der Waals surface area contributed by atoms with Crippen LogP contribution in [0.1, 0.15) is 37.4 Å². The lowest BCUT2D eigenvalue weighted by Crippen LogP contribution is -2.26. The molecule has 2 nitrogen and oxygen atoms in total. The molecule has 1 rings (SSSR count). The summed E-state index contributed by atoms with van der Waals surface area (Å²) >= 11 is 0. The average molecular weight is 253 g/mol. The Morgan fingerprint density at radius 2 is 1.88 bits per heavy atom. The van der Waals surface area contributed by atoms with Gasteiger partial charge in [-0.15, -0.1) is 0 Å². The van der Waals surface area contributed by atoms with Gasteiger partial charge in [-0.25, -0.2) is 0 Å². The van der Waals surface area contributed by atoms with E-state index in [1.54, 1.807) is 6.26 Å². The van der Waals surface area contributed by atoms with Gasteiger partial charge in [0.25, 0.3) is 0 Å². The Bertz CT molecular complexity index is 348. The molecule has 0 spiro atoms. The van der Waals surface area contributed by atoms with E-state index in [0.717, 1.165) is 19.4 Å². The molecule has 3 heteroatoms. The fourth-order valence-electron chi connectivity index (χ4n) is 1.81. The monoisotopic (exact) mass is 253 g/mol. The summed E-state index contributed by atoms with van der Waals surface area (Å²) in [5.41, 5.74) is 2.59. The third kappa shape index (κ3) is 5.00. The smallest absolute Gasteiger partial charge is 0.0436 e. The maximum Gasteiger partial charge on any atom is 0.0436 e. The van der Waals surface area contributed by atoms with Gasteiger partial charge in [0.1, 0.15) is 0 Å². The first-order valence-corrected chi connectivity index (χ1v) is 8.02. The highest BCUT2D eigenvalue weighted by Gasteiger charge is 2.11. The van der Waals surface area contributed by atoms with E-state index in [0.29, 0.717) is 5.75 Å². The summed E-state index contributed by atoms with van der Waals surface area (Å²) in [4.78, 5) is 0. The molecule has 1 aromatic carbocycles. The minimum absolute atomic E-state index is 0.215. The molecule has 0 saturated heterocycles. The molecule has 0 amide bonds. The van der Waals surface area contributed by atoms with Gasteiger partial charge in [-0.3, -0.25) is 4.21 Å². The topological polar surface area (TPSA) is 29.1 Å². The van der Waals surface area contributed by atoms with E-state index in [1.165, 1.54) is 11.1 Å². The fraction of sp³-hybridized carbons (Fsp3) is 0.571. The van der Waals surface area contributed by atoms with Crippen molar-refractivity contribution in [3.8, 4) is 0 Å². The van der Waals surface area contributed by atoms with E-state index >= 15 is 0 Å². The molecule has 0 aliphatic heterocycles. The van der Waals surface area contributed by atoms with Crippen molar-refractivity contribution >= 4 is 10.8 Å². The van der Waals surface area contributed by atoms with Crippen LogP contribution in [0.25, 0.3) is 0 Å². The van der Waals surface area contributed by atoms with Gasteiger partial charge in [0.05, 0.1) is 0 Å². The summed E-state index contributed by atoms with van der Waals surface area (Å²) in [5.74, 6) is 0.686. The molecule has 2 unspecified atom stereocenters. The number of hydrogen-bond donors (Lipinski definition) is 1. The zero-order chi connectivity index (χ0) is 12.7. The predicted molar refractivity (Wildman–Crippen MR) is 75.8 cm³/mol. The van der Waals surface area contributed by atoms with Crippen molar-refractivity contribution in [1.29, 1.82) is 0 Å². The lowest BCUT2D eigenvalue weighted by Gasteiger charge is -2.18. The normalized spacial score (nSPS) is 14.5. The largest absolute Gasteiger partial charge is 0.309 e. The van der Waals surface area contributed by atoms with Crippen LogP contribution in [0.2, 0.25) is 0 Å². The molecule has 17 heavy (non-hydrogen) atoms. The highest BCUT2D eigenvalue weighted by molar-refractivity contribution is 7.84. The molecule has 0 heterocycles. The molecule has 0 saturated carbocycles. The number of benzene rings is 1. The zero-order valence-electron chi connectivity index (χ0n) is 11.0. The molecule has 0 fully saturated rings. The molecule has 0 radical (unpaired) electrons. The second-order valence-electron chi connectivity index (χ2n) is 4.34. The van der Waals surface area contributed by atoms with Gasteiger partial charge in [-0.05, 0) is 30.5 Å². The van der Waals surface area contributed by atoms with Crippen LogP contribution < -0.4 is 5.32 Å². The summed E-state index contributed by atoms with van der Waals surface area (Å²) in [6.07, 6.45) is 3.92. The summed E-state index contributed by atoms with van der Waals surface area (Å²) in [7, 11) is -0.769. The quantitative estimate of drug-likeness (QED) is 0.809. The number of hydrogen-bond acceptors (Lipinski definition) is 2. The lowest BCUT2D eigenvalue weighted by molar-refractivity contribution is 0.570. The van der Waals surface area contributed by atoms with Gasteiger partial charge in [0.15, 0.2) is 0 Å². The zero-order valence-corrected chi connectivity index (χ0v) is 11.8. The van der Waals surface area contributed by atoms with Crippen LogP contribution in [-0.2, 0) is 17.2 Å². The van der Waals surface area contributed by atoms with E-state index in [4.69, 9.17) is 0 Å². The summed E-state index contributed by atoms with van der Waals surface area (Å²) in [5, 5.41) is 3.46. The van der Waals surface area contributed by atoms with Crippen LogP contribution in [0.5, 0.6) is 0 Å². The Hall–Kier alpha value is -0.670. The van der Waals surface area contributed by atoms with Crippen LogP contribution in [-0.4, -0.2) is 22.8 Å². The van der Waals surface area contributed by atoms with Crippen molar-refractivity contribution < 1.29 is 4.21 Å². The second-order valence-corrected chi connectivity index (χ2v) is 5.82. The van der Waals surface area contributed by atoms with Gasteiger partial charge in [0, 0.05) is 28.9 Å². The van der Waals surface area contributed by atoms with Crippen molar-refractivity contribution in [3.63, 3.8) is 0 Å². The van der Waals surface area contributed by atoms with Crippen molar-refractivity contribution in [2.75, 3.05) is 18.6 Å². The molecule has 1 N–H and O–H groups in total. The first kappa shape index (κ1) is 14.4. The van der Waals surface area contributed by atoms with Gasteiger partial charge in [-0.2, -0.15) is 0 Å². The van der Waals surface area contributed by atoms with Gasteiger partial charge >= 0.3 is 0 Å². The summed E-state index contributed by atoms with van der Waals surface area (Å²) in [6, 6.07) is 8.84. The third-order valence-electron chi connectivity index (χ3n) is 2.83. The van der Waals surface area contributed by atoms with E-state index in [1.807, 2.05) is 0 Å². The van der Waals surface area contributed by atoms with Gasteiger partial charge in [-0.1, -0.05) is 38.1 Å². The van der Waals surface area contributed by atoms with Crippen LogP contribution >= 0.6 is 0 Å². The first-order chi connectivity index (χ1) is 8.17. The Morgan fingerprint density at radius 3 is 2.35 bits per heavy atom. The maximum absolute atomic E-state index is 11.4. The number of rotatable bonds is 7. The van der Waals surface area contributed by atoms with Crippen molar-refractivity contribution in [1.82, 2.24) is 5.32 Å². The molecule has 0 aliphatic carbocycles. The van der Waals surface area contributed by atoms with E-state index < -0.39 is 10.8 Å². The second kappa shape index (κ2) is 7.62.